The Labute approximate surface area is 123 Å². The molecular formula is C17H18FNO2. The summed E-state index contributed by atoms with van der Waals surface area (Å²) in [5, 5.41) is 12.2. The number of rotatable bonds is 4. The van der Waals surface area contributed by atoms with Gasteiger partial charge in [-0.25, -0.2) is 4.39 Å². The van der Waals surface area contributed by atoms with Crippen LogP contribution >= 0.6 is 0 Å². The van der Waals surface area contributed by atoms with Gasteiger partial charge in [0.15, 0.2) is 0 Å². The molecule has 0 fully saturated rings. The van der Waals surface area contributed by atoms with Crippen LogP contribution in [0.3, 0.4) is 0 Å². The van der Waals surface area contributed by atoms with Crippen molar-refractivity contribution in [1.29, 1.82) is 0 Å². The molecule has 21 heavy (non-hydrogen) atoms. The van der Waals surface area contributed by atoms with Gasteiger partial charge in [-0.1, -0.05) is 17.3 Å². The Morgan fingerprint density at radius 1 is 1.19 bits per heavy atom. The number of aryl methyl sites for hydroxylation is 2. The van der Waals surface area contributed by atoms with Crippen LogP contribution in [0.1, 0.15) is 29.2 Å². The molecule has 0 heterocycles. The molecule has 0 atom stereocenters. The van der Waals surface area contributed by atoms with Gasteiger partial charge in [0.2, 0.25) is 0 Å². The zero-order chi connectivity index (χ0) is 15.4. The number of hydrogen-bond donors (Lipinski definition) is 1. The largest absolute Gasteiger partial charge is 0.488 e. The van der Waals surface area contributed by atoms with Crippen molar-refractivity contribution in [3.8, 4) is 5.75 Å². The van der Waals surface area contributed by atoms with Gasteiger partial charge in [0, 0.05) is 5.56 Å². The monoisotopic (exact) mass is 287 g/mol. The Bertz CT molecular complexity index is 680. The van der Waals surface area contributed by atoms with Crippen molar-refractivity contribution >= 4 is 5.71 Å². The SMILES string of the molecule is C/C(=N/O)c1ccc(C)cc1OCc1ccc(F)cc1C. The second-order valence-corrected chi connectivity index (χ2v) is 5.04. The van der Waals surface area contributed by atoms with Crippen molar-refractivity contribution < 1.29 is 14.3 Å². The third-order valence-electron chi connectivity index (χ3n) is 3.36. The molecule has 0 aliphatic rings. The van der Waals surface area contributed by atoms with Crippen LogP contribution in [0.15, 0.2) is 41.6 Å². The van der Waals surface area contributed by atoms with Crippen LogP contribution in [0.2, 0.25) is 0 Å². The first-order valence-corrected chi connectivity index (χ1v) is 6.69. The molecule has 4 heteroatoms. The lowest BCUT2D eigenvalue weighted by Gasteiger charge is -2.13. The zero-order valence-corrected chi connectivity index (χ0v) is 12.4. The molecule has 2 rings (SSSR count). The zero-order valence-electron chi connectivity index (χ0n) is 12.4. The molecular weight excluding hydrogens is 269 g/mol. The van der Waals surface area contributed by atoms with E-state index in [1.54, 1.807) is 13.0 Å². The van der Waals surface area contributed by atoms with Crippen LogP contribution in [0.4, 0.5) is 4.39 Å². The Morgan fingerprint density at radius 2 is 1.95 bits per heavy atom. The highest BCUT2D eigenvalue weighted by Crippen LogP contribution is 2.23. The lowest BCUT2D eigenvalue weighted by Crippen LogP contribution is -2.04. The predicted octanol–water partition coefficient (Wildman–Crippen LogP) is 4.22. The molecule has 0 spiro atoms. The quantitative estimate of drug-likeness (QED) is 0.519. The molecule has 0 aliphatic heterocycles. The maximum Gasteiger partial charge on any atom is 0.129 e. The van der Waals surface area contributed by atoms with E-state index in [0.717, 1.165) is 22.3 Å². The molecule has 2 aromatic carbocycles. The summed E-state index contributed by atoms with van der Waals surface area (Å²) in [6.07, 6.45) is 0. The standard InChI is InChI=1S/C17H18FNO2/c1-11-4-7-16(13(3)19-20)17(8-11)21-10-14-5-6-15(18)9-12(14)2/h4-9,20H,10H2,1-3H3/b19-13-. The molecule has 0 amide bonds. The second kappa shape index (κ2) is 6.39. The van der Waals surface area contributed by atoms with Gasteiger partial charge in [-0.05, 0) is 61.7 Å². The molecule has 2 aromatic rings. The third-order valence-corrected chi connectivity index (χ3v) is 3.36. The van der Waals surface area contributed by atoms with Gasteiger partial charge in [0.25, 0.3) is 0 Å². The van der Waals surface area contributed by atoms with Crippen molar-refractivity contribution in [2.45, 2.75) is 27.4 Å². The molecule has 0 radical (unpaired) electrons. The van der Waals surface area contributed by atoms with E-state index < -0.39 is 0 Å². The molecule has 0 saturated heterocycles. The van der Waals surface area contributed by atoms with E-state index in [2.05, 4.69) is 5.16 Å². The number of nitrogens with zero attached hydrogens (tertiary/aromatic N) is 1. The number of hydrogen-bond acceptors (Lipinski definition) is 3. The van der Waals surface area contributed by atoms with Crippen LogP contribution < -0.4 is 4.74 Å². The van der Waals surface area contributed by atoms with Gasteiger partial charge in [-0.3, -0.25) is 0 Å². The molecule has 3 nitrogen and oxygen atoms in total. The fourth-order valence-electron chi connectivity index (χ4n) is 2.08. The Morgan fingerprint density at radius 3 is 2.62 bits per heavy atom. The molecule has 110 valence electrons. The van der Waals surface area contributed by atoms with Gasteiger partial charge in [-0.2, -0.15) is 0 Å². The maximum absolute atomic E-state index is 13.1. The fourth-order valence-corrected chi connectivity index (χ4v) is 2.08. The predicted molar refractivity (Wildman–Crippen MR) is 80.6 cm³/mol. The average Bonchev–Trinajstić information content (AvgIpc) is 2.45. The summed E-state index contributed by atoms with van der Waals surface area (Å²) in [4.78, 5) is 0. The van der Waals surface area contributed by atoms with Crippen LogP contribution in [0.25, 0.3) is 0 Å². The first kappa shape index (κ1) is 15.0. The van der Waals surface area contributed by atoms with E-state index in [1.165, 1.54) is 12.1 Å². The Balaban J connectivity index is 2.25. The third kappa shape index (κ3) is 3.60. The number of ether oxygens (including phenoxy) is 1. The highest BCUT2D eigenvalue weighted by Gasteiger charge is 2.09. The van der Waals surface area contributed by atoms with E-state index in [1.807, 2.05) is 32.0 Å². The summed E-state index contributed by atoms with van der Waals surface area (Å²) < 4.78 is 18.9. The molecule has 1 N–H and O–H groups in total. The van der Waals surface area contributed by atoms with Gasteiger partial charge in [0.05, 0.1) is 5.71 Å². The maximum atomic E-state index is 13.1. The second-order valence-electron chi connectivity index (χ2n) is 5.04. The van der Waals surface area contributed by atoms with Crippen molar-refractivity contribution in [3.05, 3.63) is 64.5 Å². The fraction of sp³-hybridized carbons (Fsp3) is 0.235. The van der Waals surface area contributed by atoms with E-state index >= 15 is 0 Å². The van der Waals surface area contributed by atoms with Crippen LogP contribution in [0, 0.1) is 19.7 Å². The number of halogens is 1. The average molecular weight is 287 g/mol. The molecule has 0 unspecified atom stereocenters. The van der Waals surface area contributed by atoms with Crippen LogP contribution in [-0.4, -0.2) is 10.9 Å². The minimum absolute atomic E-state index is 0.254. The molecule has 0 saturated carbocycles. The summed E-state index contributed by atoms with van der Waals surface area (Å²) in [5.74, 6) is 0.393. The summed E-state index contributed by atoms with van der Waals surface area (Å²) in [6, 6.07) is 10.3. The minimum Gasteiger partial charge on any atom is -0.488 e. The van der Waals surface area contributed by atoms with Crippen LogP contribution in [-0.2, 0) is 6.61 Å². The smallest absolute Gasteiger partial charge is 0.129 e. The van der Waals surface area contributed by atoms with Gasteiger partial charge in [-0.15, -0.1) is 0 Å². The molecule has 0 aliphatic carbocycles. The minimum atomic E-state index is -0.254. The lowest BCUT2D eigenvalue weighted by molar-refractivity contribution is 0.302. The van der Waals surface area contributed by atoms with E-state index in [-0.39, 0.29) is 5.82 Å². The van der Waals surface area contributed by atoms with Gasteiger partial charge in [0.1, 0.15) is 18.2 Å². The summed E-state index contributed by atoms with van der Waals surface area (Å²) >= 11 is 0. The Hall–Kier alpha value is -2.36. The van der Waals surface area contributed by atoms with Crippen molar-refractivity contribution in [2.24, 2.45) is 5.16 Å². The van der Waals surface area contributed by atoms with Crippen molar-refractivity contribution in [3.63, 3.8) is 0 Å². The highest BCUT2D eigenvalue weighted by atomic mass is 19.1. The molecule has 0 bridgehead atoms. The number of oxime groups is 1. The topological polar surface area (TPSA) is 41.8 Å². The van der Waals surface area contributed by atoms with E-state index in [0.29, 0.717) is 18.1 Å². The van der Waals surface area contributed by atoms with Crippen molar-refractivity contribution in [1.82, 2.24) is 0 Å². The summed E-state index contributed by atoms with van der Waals surface area (Å²) in [7, 11) is 0. The summed E-state index contributed by atoms with van der Waals surface area (Å²) in [5.41, 5.74) is 4.04. The van der Waals surface area contributed by atoms with Gasteiger partial charge >= 0.3 is 0 Å². The van der Waals surface area contributed by atoms with Gasteiger partial charge < -0.3 is 9.94 Å². The first-order chi connectivity index (χ1) is 10.0. The summed E-state index contributed by atoms with van der Waals surface area (Å²) in [6.45, 7) is 5.85. The highest BCUT2D eigenvalue weighted by molar-refractivity contribution is 6.00. The lowest BCUT2D eigenvalue weighted by atomic mass is 10.1. The molecule has 0 aromatic heterocycles. The van der Waals surface area contributed by atoms with E-state index in [4.69, 9.17) is 9.94 Å². The van der Waals surface area contributed by atoms with Crippen LogP contribution in [0.5, 0.6) is 5.75 Å². The normalized spacial score (nSPS) is 11.5. The number of benzene rings is 2. The van der Waals surface area contributed by atoms with E-state index in [9.17, 15) is 4.39 Å². The first-order valence-electron chi connectivity index (χ1n) is 6.69. The Kier molecular flexibility index (Phi) is 4.58. The van der Waals surface area contributed by atoms with Crippen molar-refractivity contribution in [2.75, 3.05) is 0 Å².